The van der Waals surface area contributed by atoms with Crippen LogP contribution in [-0.4, -0.2) is 29.4 Å². The van der Waals surface area contributed by atoms with Crippen molar-refractivity contribution in [3.63, 3.8) is 0 Å². The Morgan fingerprint density at radius 1 is 1.50 bits per heavy atom. The van der Waals surface area contributed by atoms with Crippen molar-refractivity contribution in [2.45, 2.75) is 45.3 Å². The minimum absolute atomic E-state index is 0.0925. The molecule has 1 aliphatic carbocycles. The Labute approximate surface area is 84.6 Å². The number of rotatable bonds is 2. The molecule has 0 aliphatic heterocycles. The molecule has 4 heteroatoms. The number of nitrogens with one attached hydrogen (secondary N) is 1. The van der Waals surface area contributed by atoms with Gasteiger partial charge in [0.15, 0.2) is 0 Å². The van der Waals surface area contributed by atoms with Crippen LogP contribution in [0.4, 0.5) is 4.79 Å². The molecule has 0 aromatic carbocycles. The topological polar surface area (TPSA) is 58.6 Å². The Kier molecular flexibility index (Phi) is 3.37. The average Bonchev–Trinajstić information content (AvgIpc) is 1.96. The number of ether oxygens (including phenoxy) is 1. The van der Waals surface area contributed by atoms with Gasteiger partial charge in [0.25, 0.3) is 0 Å². The van der Waals surface area contributed by atoms with Crippen LogP contribution in [0.15, 0.2) is 0 Å². The van der Waals surface area contributed by atoms with Crippen molar-refractivity contribution in [2.24, 2.45) is 5.92 Å². The first-order chi connectivity index (χ1) is 6.42. The van der Waals surface area contributed by atoms with Crippen molar-refractivity contribution in [3.8, 4) is 0 Å². The monoisotopic (exact) mass is 201 g/mol. The van der Waals surface area contributed by atoms with E-state index >= 15 is 0 Å². The maximum Gasteiger partial charge on any atom is 0.407 e. The van der Waals surface area contributed by atoms with Gasteiger partial charge in [-0.25, -0.2) is 4.79 Å². The zero-order valence-corrected chi connectivity index (χ0v) is 9.04. The average molecular weight is 201 g/mol. The van der Waals surface area contributed by atoms with Gasteiger partial charge in [-0.1, -0.05) is 0 Å². The fourth-order valence-electron chi connectivity index (χ4n) is 1.44. The third kappa shape index (κ3) is 3.18. The summed E-state index contributed by atoms with van der Waals surface area (Å²) >= 11 is 0. The fraction of sp³-hybridized carbons (Fsp3) is 0.900. The van der Waals surface area contributed by atoms with E-state index in [1.807, 2.05) is 20.8 Å². The van der Waals surface area contributed by atoms with Crippen LogP contribution >= 0.6 is 0 Å². The summed E-state index contributed by atoms with van der Waals surface area (Å²) in [5.74, 6) is 0.211. The smallest absolute Gasteiger partial charge is 0.407 e. The van der Waals surface area contributed by atoms with Crippen molar-refractivity contribution < 1.29 is 14.6 Å². The summed E-state index contributed by atoms with van der Waals surface area (Å²) < 4.78 is 5.11. The van der Waals surface area contributed by atoms with Gasteiger partial charge in [0.1, 0.15) is 5.60 Å². The molecular formula is C10H19NO3. The first-order valence-electron chi connectivity index (χ1n) is 5.03. The van der Waals surface area contributed by atoms with Gasteiger partial charge >= 0.3 is 6.09 Å². The second-order valence-corrected chi connectivity index (χ2v) is 4.77. The molecule has 4 nitrogen and oxygen atoms in total. The lowest BCUT2D eigenvalue weighted by Gasteiger charge is -2.36. The highest BCUT2D eigenvalue weighted by atomic mass is 16.6. The van der Waals surface area contributed by atoms with Crippen LogP contribution in [0.25, 0.3) is 0 Å². The molecule has 0 saturated heterocycles. The van der Waals surface area contributed by atoms with E-state index in [9.17, 15) is 4.79 Å². The van der Waals surface area contributed by atoms with Gasteiger partial charge in [-0.15, -0.1) is 0 Å². The predicted octanol–water partition coefficient (Wildman–Crippen LogP) is 1.28. The van der Waals surface area contributed by atoms with Gasteiger partial charge in [-0.2, -0.15) is 0 Å². The van der Waals surface area contributed by atoms with Gasteiger partial charge in [0.05, 0.1) is 0 Å². The molecule has 1 fully saturated rings. The zero-order valence-electron chi connectivity index (χ0n) is 9.04. The molecule has 82 valence electrons. The van der Waals surface area contributed by atoms with Crippen LogP contribution in [0.3, 0.4) is 0 Å². The minimum Gasteiger partial charge on any atom is -0.444 e. The molecular weight excluding hydrogens is 182 g/mol. The molecule has 2 N–H and O–H groups in total. The Morgan fingerprint density at radius 3 is 2.50 bits per heavy atom. The number of carbonyl (C=O) groups excluding carboxylic acids is 1. The molecule has 14 heavy (non-hydrogen) atoms. The van der Waals surface area contributed by atoms with Crippen LogP contribution in [0.1, 0.15) is 33.6 Å². The van der Waals surface area contributed by atoms with Crippen LogP contribution in [-0.2, 0) is 4.74 Å². The maximum atomic E-state index is 11.3. The normalized spacial score (nSPS) is 26.6. The molecule has 1 saturated carbocycles. The quantitative estimate of drug-likeness (QED) is 0.707. The fourth-order valence-corrected chi connectivity index (χ4v) is 1.44. The van der Waals surface area contributed by atoms with E-state index in [1.165, 1.54) is 0 Å². The molecule has 0 bridgehead atoms. The molecule has 0 spiro atoms. The molecule has 0 aromatic rings. The summed E-state index contributed by atoms with van der Waals surface area (Å²) in [4.78, 5) is 11.3. The van der Waals surface area contributed by atoms with E-state index in [0.29, 0.717) is 0 Å². The number of carbonyl (C=O) groups is 1. The van der Waals surface area contributed by atoms with Gasteiger partial charge in [-0.3, -0.25) is 0 Å². The molecule has 1 amide bonds. The summed E-state index contributed by atoms with van der Waals surface area (Å²) in [5, 5.41) is 11.7. The molecule has 1 rings (SSSR count). The molecule has 0 radical (unpaired) electrons. The van der Waals surface area contributed by atoms with Crippen molar-refractivity contribution in [1.29, 1.82) is 0 Å². The Bertz CT molecular complexity index is 208. The maximum absolute atomic E-state index is 11.3. The molecule has 0 aromatic heterocycles. The van der Waals surface area contributed by atoms with Crippen molar-refractivity contribution in [3.05, 3.63) is 0 Å². The van der Waals surface area contributed by atoms with Gasteiger partial charge in [0, 0.05) is 18.6 Å². The minimum atomic E-state index is -0.456. The molecule has 0 heterocycles. The molecule has 2 atom stereocenters. The number of aliphatic hydroxyl groups is 1. The third-order valence-electron chi connectivity index (χ3n) is 2.35. The lowest BCUT2D eigenvalue weighted by molar-refractivity contribution is 0.0389. The predicted molar refractivity (Wildman–Crippen MR) is 53.0 cm³/mol. The first-order valence-corrected chi connectivity index (χ1v) is 5.03. The van der Waals surface area contributed by atoms with E-state index in [0.717, 1.165) is 12.8 Å². The number of hydrogen-bond acceptors (Lipinski definition) is 3. The van der Waals surface area contributed by atoms with Gasteiger partial charge < -0.3 is 15.2 Å². The Hall–Kier alpha value is -0.770. The number of hydrogen-bond donors (Lipinski definition) is 2. The van der Waals surface area contributed by atoms with Crippen molar-refractivity contribution in [2.75, 3.05) is 6.61 Å². The Balaban J connectivity index is 2.27. The summed E-state index contributed by atoms with van der Waals surface area (Å²) in [5.41, 5.74) is -0.456. The van der Waals surface area contributed by atoms with E-state index in [2.05, 4.69) is 5.32 Å². The van der Waals surface area contributed by atoms with Crippen molar-refractivity contribution in [1.82, 2.24) is 5.32 Å². The number of alkyl carbamates (subject to hydrolysis) is 1. The highest BCUT2D eigenvalue weighted by Crippen LogP contribution is 2.26. The second-order valence-electron chi connectivity index (χ2n) is 4.77. The molecule has 2 unspecified atom stereocenters. The van der Waals surface area contributed by atoms with E-state index < -0.39 is 5.60 Å². The standard InChI is InChI=1S/C10H19NO3/c1-10(2,3)14-9(13)11-8-5-4-7(8)6-12/h7-8,12H,4-6H2,1-3H3,(H,11,13). The van der Waals surface area contributed by atoms with E-state index in [1.54, 1.807) is 0 Å². The van der Waals surface area contributed by atoms with E-state index in [-0.39, 0.29) is 24.7 Å². The van der Waals surface area contributed by atoms with Crippen LogP contribution < -0.4 is 5.32 Å². The van der Waals surface area contributed by atoms with Crippen LogP contribution in [0.2, 0.25) is 0 Å². The lowest BCUT2D eigenvalue weighted by atomic mass is 9.80. The molecule has 1 aliphatic rings. The summed E-state index contributed by atoms with van der Waals surface area (Å²) in [7, 11) is 0. The highest BCUT2D eigenvalue weighted by Gasteiger charge is 2.32. The SMILES string of the molecule is CC(C)(C)OC(=O)NC1CCC1CO. The van der Waals surface area contributed by atoms with Gasteiger partial charge in [-0.05, 0) is 33.6 Å². The first kappa shape index (κ1) is 11.3. The van der Waals surface area contributed by atoms with Crippen LogP contribution in [0.5, 0.6) is 0 Å². The number of aliphatic hydroxyl groups excluding tert-OH is 1. The zero-order chi connectivity index (χ0) is 10.8. The summed E-state index contributed by atoms with van der Waals surface area (Å²) in [6.07, 6.45) is 1.53. The summed E-state index contributed by atoms with van der Waals surface area (Å²) in [6, 6.07) is 0.0925. The van der Waals surface area contributed by atoms with Crippen LogP contribution in [0, 0.1) is 5.92 Å². The Morgan fingerprint density at radius 2 is 2.14 bits per heavy atom. The number of amides is 1. The second kappa shape index (κ2) is 4.17. The lowest BCUT2D eigenvalue weighted by Crippen LogP contribution is -2.49. The largest absolute Gasteiger partial charge is 0.444 e. The van der Waals surface area contributed by atoms with Crippen molar-refractivity contribution >= 4 is 6.09 Å². The van der Waals surface area contributed by atoms with E-state index in [4.69, 9.17) is 9.84 Å². The third-order valence-corrected chi connectivity index (χ3v) is 2.35. The highest BCUT2D eigenvalue weighted by molar-refractivity contribution is 5.68. The van der Waals surface area contributed by atoms with Gasteiger partial charge in [0.2, 0.25) is 0 Å². The summed E-state index contributed by atoms with van der Waals surface area (Å²) in [6.45, 7) is 5.63.